The molecule has 94 valence electrons. The van der Waals surface area contributed by atoms with Gasteiger partial charge in [-0.15, -0.1) is 0 Å². The fourth-order valence-corrected chi connectivity index (χ4v) is 2.62. The van der Waals surface area contributed by atoms with E-state index >= 15 is 0 Å². The molecule has 0 bridgehead atoms. The lowest BCUT2D eigenvalue weighted by Crippen LogP contribution is -2.42. The van der Waals surface area contributed by atoms with Gasteiger partial charge in [-0.3, -0.25) is 0 Å². The minimum Gasteiger partial charge on any atom is -0.385 e. The molecule has 0 aliphatic carbocycles. The van der Waals surface area contributed by atoms with Crippen LogP contribution in [0.1, 0.15) is 37.3 Å². The molecule has 0 spiro atoms. The molecule has 2 nitrogen and oxygen atoms in total. The minimum atomic E-state index is -0.599. The molecule has 1 aliphatic heterocycles. The fraction of sp³-hybridized carbons (Fsp3) is 0.600. The summed E-state index contributed by atoms with van der Waals surface area (Å²) in [6, 6.07) is 8.33. The van der Waals surface area contributed by atoms with Gasteiger partial charge in [-0.1, -0.05) is 36.8 Å². The second-order valence-electron chi connectivity index (χ2n) is 5.24. The standard InChI is InChI=1S/C15H23NO/c1-3-10-16-11-8-15(17,9-12-16)14-6-4-13(2)5-7-14/h4-7,17H,3,8-12H2,1-2H3. The molecule has 1 aliphatic rings. The maximum absolute atomic E-state index is 10.7. The number of hydrogen-bond donors (Lipinski definition) is 1. The Bertz CT molecular complexity index is 350. The van der Waals surface area contributed by atoms with E-state index in [1.165, 1.54) is 12.0 Å². The van der Waals surface area contributed by atoms with Crippen molar-refractivity contribution in [2.24, 2.45) is 0 Å². The highest BCUT2D eigenvalue weighted by Crippen LogP contribution is 2.32. The van der Waals surface area contributed by atoms with Crippen LogP contribution in [0.5, 0.6) is 0 Å². The lowest BCUT2D eigenvalue weighted by atomic mass is 9.84. The van der Waals surface area contributed by atoms with E-state index in [2.05, 4.69) is 43.0 Å². The molecule has 1 heterocycles. The van der Waals surface area contributed by atoms with Crippen molar-refractivity contribution in [3.63, 3.8) is 0 Å². The molecule has 17 heavy (non-hydrogen) atoms. The summed E-state index contributed by atoms with van der Waals surface area (Å²) in [5.41, 5.74) is 1.73. The van der Waals surface area contributed by atoms with Crippen molar-refractivity contribution < 1.29 is 5.11 Å². The molecule has 0 aromatic heterocycles. The van der Waals surface area contributed by atoms with Crippen LogP contribution in [-0.4, -0.2) is 29.6 Å². The highest BCUT2D eigenvalue weighted by atomic mass is 16.3. The Morgan fingerprint density at radius 1 is 1.18 bits per heavy atom. The van der Waals surface area contributed by atoms with Crippen LogP contribution in [0.4, 0.5) is 0 Å². The van der Waals surface area contributed by atoms with E-state index < -0.39 is 5.60 Å². The molecule has 0 saturated carbocycles. The molecule has 2 rings (SSSR count). The average molecular weight is 233 g/mol. The van der Waals surface area contributed by atoms with Crippen molar-refractivity contribution in [3.8, 4) is 0 Å². The van der Waals surface area contributed by atoms with Crippen LogP contribution in [0.25, 0.3) is 0 Å². The van der Waals surface area contributed by atoms with Crippen molar-refractivity contribution in [1.29, 1.82) is 0 Å². The van der Waals surface area contributed by atoms with Gasteiger partial charge < -0.3 is 10.0 Å². The molecule has 1 aromatic rings. The van der Waals surface area contributed by atoms with Crippen molar-refractivity contribution in [2.75, 3.05) is 19.6 Å². The molecule has 1 N–H and O–H groups in total. The zero-order chi connectivity index (χ0) is 12.3. The van der Waals surface area contributed by atoms with E-state index in [-0.39, 0.29) is 0 Å². The molecule has 1 fully saturated rings. The Kier molecular flexibility index (Phi) is 3.85. The lowest BCUT2D eigenvalue weighted by molar-refractivity contribution is -0.0257. The van der Waals surface area contributed by atoms with Crippen molar-refractivity contribution in [2.45, 2.75) is 38.7 Å². The number of benzene rings is 1. The van der Waals surface area contributed by atoms with Crippen LogP contribution < -0.4 is 0 Å². The summed E-state index contributed by atoms with van der Waals surface area (Å²) in [6.45, 7) is 7.47. The molecule has 0 radical (unpaired) electrons. The zero-order valence-electron chi connectivity index (χ0n) is 10.9. The Morgan fingerprint density at radius 3 is 2.29 bits per heavy atom. The molecular weight excluding hydrogens is 210 g/mol. The van der Waals surface area contributed by atoms with Gasteiger partial charge in [0, 0.05) is 13.1 Å². The van der Waals surface area contributed by atoms with Crippen LogP contribution in [0.15, 0.2) is 24.3 Å². The van der Waals surface area contributed by atoms with Crippen LogP contribution in [0, 0.1) is 6.92 Å². The van der Waals surface area contributed by atoms with E-state index in [0.29, 0.717) is 0 Å². The quantitative estimate of drug-likeness (QED) is 0.867. The molecular formula is C15H23NO. The first kappa shape index (κ1) is 12.6. The summed E-state index contributed by atoms with van der Waals surface area (Å²) in [5, 5.41) is 10.7. The van der Waals surface area contributed by atoms with E-state index in [4.69, 9.17) is 0 Å². The summed E-state index contributed by atoms with van der Waals surface area (Å²) in [4.78, 5) is 2.45. The van der Waals surface area contributed by atoms with Gasteiger partial charge in [0.05, 0.1) is 5.60 Å². The third-order valence-corrected chi connectivity index (χ3v) is 3.81. The minimum absolute atomic E-state index is 0.599. The third-order valence-electron chi connectivity index (χ3n) is 3.81. The molecule has 1 saturated heterocycles. The van der Waals surface area contributed by atoms with E-state index in [9.17, 15) is 5.11 Å². The van der Waals surface area contributed by atoms with Gasteiger partial charge in [-0.2, -0.15) is 0 Å². The number of piperidine rings is 1. The average Bonchev–Trinajstić information content (AvgIpc) is 2.33. The van der Waals surface area contributed by atoms with Gasteiger partial charge >= 0.3 is 0 Å². The number of rotatable bonds is 3. The van der Waals surface area contributed by atoms with Gasteiger partial charge in [0.15, 0.2) is 0 Å². The van der Waals surface area contributed by atoms with Crippen LogP contribution >= 0.6 is 0 Å². The second kappa shape index (κ2) is 5.19. The Balaban J connectivity index is 2.04. The first-order valence-electron chi connectivity index (χ1n) is 6.66. The Morgan fingerprint density at radius 2 is 1.76 bits per heavy atom. The topological polar surface area (TPSA) is 23.5 Å². The first-order valence-corrected chi connectivity index (χ1v) is 6.66. The highest BCUT2D eigenvalue weighted by molar-refractivity contribution is 5.27. The predicted octanol–water partition coefficient (Wildman–Crippen LogP) is 2.69. The normalized spacial score (nSPS) is 20.4. The summed E-state index contributed by atoms with van der Waals surface area (Å²) in [5.74, 6) is 0. The van der Waals surface area contributed by atoms with Gasteiger partial charge in [0.1, 0.15) is 0 Å². The Labute approximate surface area is 104 Å². The van der Waals surface area contributed by atoms with Gasteiger partial charge in [-0.05, 0) is 38.3 Å². The van der Waals surface area contributed by atoms with E-state index in [0.717, 1.165) is 38.0 Å². The molecule has 0 atom stereocenters. The van der Waals surface area contributed by atoms with Gasteiger partial charge in [0.25, 0.3) is 0 Å². The maximum atomic E-state index is 10.7. The lowest BCUT2D eigenvalue weighted by Gasteiger charge is -2.38. The van der Waals surface area contributed by atoms with E-state index in [1.807, 2.05) is 0 Å². The summed E-state index contributed by atoms with van der Waals surface area (Å²) in [7, 11) is 0. The first-order chi connectivity index (χ1) is 8.14. The van der Waals surface area contributed by atoms with E-state index in [1.54, 1.807) is 0 Å². The van der Waals surface area contributed by atoms with Crippen LogP contribution in [-0.2, 0) is 5.60 Å². The van der Waals surface area contributed by atoms with Crippen LogP contribution in [0.2, 0.25) is 0 Å². The molecule has 1 aromatic carbocycles. The van der Waals surface area contributed by atoms with Gasteiger partial charge in [0.2, 0.25) is 0 Å². The number of likely N-dealkylation sites (tertiary alicyclic amines) is 1. The summed E-state index contributed by atoms with van der Waals surface area (Å²) >= 11 is 0. The number of hydrogen-bond acceptors (Lipinski definition) is 2. The highest BCUT2D eigenvalue weighted by Gasteiger charge is 2.33. The molecule has 2 heteroatoms. The summed E-state index contributed by atoms with van der Waals surface area (Å²) in [6.07, 6.45) is 2.91. The van der Waals surface area contributed by atoms with Crippen molar-refractivity contribution in [1.82, 2.24) is 4.90 Å². The van der Waals surface area contributed by atoms with Crippen LogP contribution in [0.3, 0.4) is 0 Å². The van der Waals surface area contributed by atoms with Gasteiger partial charge in [-0.25, -0.2) is 0 Å². The second-order valence-corrected chi connectivity index (χ2v) is 5.24. The Hall–Kier alpha value is -0.860. The fourth-order valence-electron chi connectivity index (χ4n) is 2.62. The smallest absolute Gasteiger partial charge is 0.0920 e. The predicted molar refractivity (Wildman–Crippen MR) is 71.0 cm³/mol. The monoisotopic (exact) mass is 233 g/mol. The van der Waals surface area contributed by atoms with Crippen molar-refractivity contribution >= 4 is 0 Å². The molecule has 0 amide bonds. The summed E-state index contributed by atoms with van der Waals surface area (Å²) < 4.78 is 0. The largest absolute Gasteiger partial charge is 0.385 e. The maximum Gasteiger partial charge on any atom is 0.0920 e. The third kappa shape index (κ3) is 2.88. The number of aryl methyl sites for hydroxylation is 1. The number of aliphatic hydroxyl groups is 1. The zero-order valence-corrected chi connectivity index (χ0v) is 10.9. The van der Waals surface area contributed by atoms with Crippen molar-refractivity contribution in [3.05, 3.63) is 35.4 Å². The molecule has 0 unspecified atom stereocenters. The SMILES string of the molecule is CCCN1CCC(O)(c2ccc(C)cc2)CC1. The number of nitrogens with zero attached hydrogens (tertiary/aromatic N) is 1.